The fourth-order valence-corrected chi connectivity index (χ4v) is 1.25. The number of nitrogens with one attached hydrogen (secondary N) is 1. The van der Waals surface area contributed by atoms with E-state index < -0.39 is 0 Å². The molecule has 0 amide bonds. The molecule has 1 aromatic heterocycles. The number of hydrogen-bond donors (Lipinski definition) is 1. The molecule has 0 aliphatic carbocycles. The van der Waals surface area contributed by atoms with E-state index in [0.717, 1.165) is 12.1 Å². The van der Waals surface area contributed by atoms with Gasteiger partial charge in [0.05, 0.1) is 0 Å². The molecule has 3 heteroatoms. The summed E-state index contributed by atoms with van der Waals surface area (Å²) in [5, 5.41) is 3.47. The second kappa shape index (κ2) is 5.70. The monoisotopic (exact) mass is 193 g/mol. The molecule has 2 unspecified atom stereocenters. The van der Waals surface area contributed by atoms with Gasteiger partial charge < -0.3 is 5.32 Å². The molecule has 1 rings (SSSR count). The summed E-state index contributed by atoms with van der Waals surface area (Å²) < 4.78 is 0. The first kappa shape index (κ1) is 11.1. The predicted octanol–water partition coefficient (Wildman–Crippen LogP) is 2.00. The lowest BCUT2D eigenvalue weighted by Crippen LogP contribution is -2.31. The molecule has 3 nitrogen and oxygen atoms in total. The largest absolute Gasteiger partial charge is 0.310 e. The minimum absolute atomic E-state index is 0.542. The molecule has 2 atom stereocenters. The van der Waals surface area contributed by atoms with Gasteiger partial charge in [-0.2, -0.15) is 0 Å². The van der Waals surface area contributed by atoms with Crippen LogP contribution in [-0.2, 0) is 6.54 Å². The normalized spacial score (nSPS) is 15.1. The van der Waals surface area contributed by atoms with Crippen LogP contribution in [0.2, 0.25) is 0 Å². The van der Waals surface area contributed by atoms with Crippen LogP contribution in [-0.4, -0.2) is 16.0 Å². The van der Waals surface area contributed by atoms with Crippen LogP contribution in [0.4, 0.5) is 0 Å². The molecule has 0 bridgehead atoms. The van der Waals surface area contributed by atoms with Gasteiger partial charge in [-0.3, -0.25) is 0 Å². The standard InChI is InChI=1S/C11H19N3/c1-4-9(2)10(3)14-7-11-5-12-8-13-6-11/h5-6,8-10,14H,4,7H2,1-3H3. The molecule has 0 radical (unpaired) electrons. The van der Waals surface area contributed by atoms with Gasteiger partial charge in [0, 0.05) is 30.5 Å². The molecule has 0 fully saturated rings. The fourth-order valence-electron chi connectivity index (χ4n) is 1.25. The number of rotatable bonds is 5. The van der Waals surface area contributed by atoms with Gasteiger partial charge in [0.25, 0.3) is 0 Å². The van der Waals surface area contributed by atoms with Crippen LogP contribution in [0.1, 0.15) is 32.8 Å². The van der Waals surface area contributed by atoms with Gasteiger partial charge in [-0.25, -0.2) is 9.97 Å². The summed E-state index contributed by atoms with van der Waals surface area (Å²) in [4.78, 5) is 7.95. The van der Waals surface area contributed by atoms with Crippen molar-refractivity contribution >= 4 is 0 Å². The van der Waals surface area contributed by atoms with E-state index in [1.54, 1.807) is 6.33 Å². The van der Waals surface area contributed by atoms with E-state index in [0.29, 0.717) is 12.0 Å². The highest BCUT2D eigenvalue weighted by molar-refractivity contribution is 5.01. The summed E-state index contributed by atoms with van der Waals surface area (Å²) in [5.74, 6) is 0.708. The van der Waals surface area contributed by atoms with Crippen LogP contribution >= 0.6 is 0 Å². The second-order valence-electron chi connectivity index (χ2n) is 3.80. The molecule has 1 heterocycles. The molecule has 1 N–H and O–H groups in total. The average molecular weight is 193 g/mol. The number of hydrogen-bond acceptors (Lipinski definition) is 3. The zero-order valence-corrected chi connectivity index (χ0v) is 9.20. The molecular formula is C11H19N3. The molecule has 0 saturated carbocycles. The Kier molecular flexibility index (Phi) is 4.53. The van der Waals surface area contributed by atoms with Crippen molar-refractivity contribution in [2.75, 3.05) is 0 Å². The summed E-state index contributed by atoms with van der Waals surface area (Å²) >= 11 is 0. The fraction of sp³-hybridized carbons (Fsp3) is 0.636. The Morgan fingerprint density at radius 2 is 1.93 bits per heavy atom. The first-order valence-electron chi connectivity index (χ1n) is 5.21. The van der Waals surface area contributed by atoms with Crippen molar-refractivity contribution in [2.24, 2.45) is 5.92 Å². The highest BCUT2D eigenvalue weighted by Crippen LogP contribution is 2.07. The Hall–Kier alpha value is -0.960. The van der Waals surface area contributed by atoms with Gasteiger partial charge in [-0.15, -0.1) is 0 Å². The van der Waals surface area contributed by atoms with Crippen molar-refractivity contribution in [3.63, 3.8) is 0 Å². The van der Waals surface area contributed by atoms with Crippen LogP contribution < -0.4 is 5.32 Å². The highest BCUT2D eigenvalue weighted by Gasteiger charge is 2.08. The molecule has 0 saturated heterocycles. The molecule has 78 valence electrons. The Morgan fingerprint density at radius 1 is 1.29 bits per heavy atom. The van der Waals surface area contributed by atoms with Crippen LogP contribution in [0.25, 0.3) is 0 Å². The summed E-state index contributed by atoms with van der Waals surface area (Å²) in [7, 11) is 0. The maximum absolute atomic E-state index is 3.98. The molecule has 0 spiro atoms. The minimum atomic E-state index is 0.542. The van der Waals surface area contributed by atoms with Gasteiger partial charge >= 0.3 is 0 Å². The third-order valence-corrected chi connectivity index (χ3v) is 2.74. The third-order valence-electron chi connectivity index (χ3n) is 2.74. The third kappa shape index (κ3) is 3.42. The summed E-state index contributed by atoms with van der Waals surface area (Å²) in [6.07, 6.45) is 6.47. The van der Waals surface area contributed by atoms with Gasteiger partial charge in [0.1, 0.15) is 6.33 Å². The van der Waals surface area contributed by atoms with Crippen molar-refractivity contribution in [2.45, 2.75) is 39.8 Å². The topological polar surface area (TPSA) is 37.8 Å². The molecule has 1 aromatic rings. The molecule has 0 aliphatic rings. The van der Waals surface area contributed by atoms with Crippen molar-refractivity contribution in [1.29, 1.82) is 0 Å². The maximum Gasteiger partial charge on any atom is 0.115 e. The average Bonchev–Trinajstić information content (AvgIpc) is 2.26. The van der Waals surface area contributed by atoms with E-state index in [1.165, 1.54) is 6.42 Å². The minimum Gasteiger partial charge on any atom is -0.310 e. The van der Waals surface area contributed by atoms with E-state index in [4.69, 9.17) is 0 Å². The van der Waals surface area contributed by atoms with Gasteiger partial charge in [-0.1, -0.05) is 20.3 Å². The van der Waals surface area contributed by atoms with E-state index in [-0.39, 0.29) is 0 Å². The van der Waals surface area contributed by atoms with E-state index in [2.05, 4.69) is 36.1 Å². The van der Waals surface area contributed by atoms with Gasteiger partial charge in [0.15, 0.2) is 0 Å². The first-order chi connectivity index (χ1) is 6.74. The Bertz CT molecular complexity index is 248. The SMILES string of the molecule is CCC(C)C(C)NCc1cncnc1. The van der Waals surface area contributed by atoms with Crippen LogP contribution in [0.3, 0.4) is 0 Å². The number of aromatic nitrogens is 2. The predicted molar refractivity (Wildman–Crippen MR) is 57.8 cm³/mol. The smallest absolute Gasteiger partial charge is 0.115 e. The summed E-state index contributed by atoms with van der Waals surface area (Å²) in [6.45, 7) is 7.55. The molecule has 14 heavy (non-hydrogen) atoms. The lowest BCUT2D eigenvalue weighted by molar-refractivity contribution is 0.389. The zero-order chi connectivity index (χ0) is 10.4. The Balaban J connectivity index is 2.34. The second-order valence-corrected chi connectivity index (χ2v) is 3.80. The van der Waals surface area contributed by atoms with Crippen molar-refractivity contribution in [1.82, 2.24) is 15.3 Å². The van der Waals surface area contributed by atoms with Gasteiger partial charge in [0.2, 0.25) is 0 Å². The Labute approximate surface area is 86.0 Å². The zero-order valence-electron chi connectivity index (χ0n) is 9.20. The van der Waals surface area contributed by atoms with E-state index in [1.807, 2.05) is 12.4 Å². The van der Waals surface area contributed by atoms with Crippen molar-refractivity contribution in [3.8, 4) is 0 Å². The lowest BCUT2D eigenvalue weighted by Gasteiger charge is -2.19. The highest BCUT2D eigenvalue weighted by atomic mass is 14.9. The summed E-state index contributed by atoms with van der Waals surface area (Å²) in [6, 6.07) is 0.542. The quantitative estimate of drug-likeness (QED) is 0.777. The molecular weight excluding hydrogens is 174 g/mol. The van der Waals surface area contributed by atoms with E-state index in [9.17, 15) is 0 Å². The van der Waals surface area contributed by atoms with Crippen molar-refractivity contribution < 1.29 is 0 Å². The van der Waals surface area contributed by atoms with Crippen LogP contribution in [0.5, 0.6) is 0 Å². The Morgan fingerprint density at radius 3 is 2.50 bits per heavy atom. The van der Waals surface area contributed by atoms with Crippen LogP contribution in [0, 0.1) is 5.92 Å². The molecule has 0 aliphatic heterocycles. The first-order valence-corrected chi connectivity index (χ1v) is 5.21. The van der Waals surface area contributed by atoms with Gasteiger partial charge in [-0.05, 0) is 12.8 Å². The lowest BCUT2D eigenvalue weighted by atomic mass is 10.0. The van der Waals surface area contributed by atoms with Crippen molar-refractivity contribution in [3.05, 3.63) is 24.3 Å². The number of nitrogens with zero attached hydrogens (tertiary/aromatic N) is 2. The molecule has 0 aromatic carbocycles. The van der Waals surface area contributed by atoms with E-state index >= 15 is 0 Å². The maximum atomic E-state index is 3.98. The summed E-state index contributed by atoms with van der Waals surface area (Å²) in [5.41, 5.74) is 1.14. The van der Waals surface area contributed by atoms with Crippen LogP contribution in [0.15, 0.2) is 18.7 Å².